The van der Waals surface area contributed by atoms with Crippen LogP contribution in [0.4, 0.5) is 5.82 Å². The van der Waals surface area contributed by atoms with Gasteiger partial charge in [0.2, 0.25) is 0 Å². The van der Waals surface area contributed by atoms with Gasteiger partial charge < -0.3 is 20.0 Å². The standard InChI is InChI=1S/C22H25N9O2/c1-3-31-20(14-8-24-12(2)25-9-14)30-17-19(26-11-27-21(17)31)28-15-6-4-5-13(7-15)22-29-16(10-33-22)18(23)32/h8-11,13,15H,3-7H2,1-2H3,(H2,23,32)(H,26,27,28). The molecule has 0 aliphatic heterocycles. The van der Waals surface area contributed by atoms with E-state index in [9.17, 15) is 4.79 Å². The van der Waals surface area contributed by atoms with Crippen molar-refractivity contribution in [2.45, 2.75) is 58.0 Å². The summed E-state index contributed by atoms with van der Waals surface area (Å²) in [6, 6.07) is 0.156. The van der Waals surface area contributed by atoms with Crippen molar-refractivity contribution in [2.24, 2.45) is 5.73 Å². The minimum atomic E-state index is -0.583. The van der Waals surface area contributed by atoms with Crippen LogP contribution in [0.25, 0.3) is 22.6 Å². The molecule has 3 N–H and O–H groups in total. The molecule has 1 aliphatic carbocycles. The third-order valence-corrected chi connectivity index (χ3v) is 6.03. The molecule has 0 spiro atoms. The van der Waals surface area contributed by atoms with Gasteiger partial charge in [-0.25, -0.2) is 29.9 Å². The summed E-state index contributed by atoms with van der Waals surface area (Å²) in [6.07, 6.45) is 10.2. The third-order valence-electron chi connectivity index (χ3n) is 6.03. The lowest BCUT2D eigenvalue weighted by molar-refractivity contribution is 0.0995. The Bertz CT molecular complexity index is 1300. The number of primary amides is 1. The van der Waals surface area contributed by atoms with Crippen LogP contribution in [0.1, 0.15) is 60.7 Å². The number of aromatic nitrogens is 7. The number of imidazole rings is 1. The molecular formula is C22H25N9O2. The molecule has 4 heterocycles. The van der Waals surface area contributed by atoms with Crippen molar-refractivity contribution in [3.05, 3.63) is 42.4 Å². The van der Waals surface area contributed by atoms with E-state index in [2.05, 4.69) is 37.2 Å². The third kappa shape index (κ3) is 4.01. The van der Waals surface area contributed by atoms with Gasteiger partial charge in [-0.3, -0.25) is 4.79 Å². The van der Waals surface area contributed by atoms with Crippen molar-refractivity contribution < 1.29 is 9.21 Å². The van der Waals surface area contributed by atoms with Crippen molar-refractivity contribution in [3.63, 3.8) is 0 Å². The molecule has 5 rings (SSSR count). The molecule has 4 aromatic heterocycles. The molecule has 0 bridgehead atoms. The first-order valence-corrected chi connectivity index (χ1v) is 11.1. The Balaban J connectivity index is 1.42. The second-order valence-corrected chi connectivity index (χ2v) is 8.23. The second kappa shape index (κ2) is 8.57. The Kier molecular flexibility index (Phi) is 5.45. The van der Waals surface area contributed by atoms with E-state index in [4.69, 9.17) is 15.1 Å². The Hall–Kier alpha value is -3.89. The number of nitrogens with two attached hydrogens (primary N) is 1. The van der Waals surface area contributed by atoms with Crippen LogP contribution < -0.4 is 11.1 Å². The molecule has 1 fully saturated rings. The van der Waals surface area contributed by atoms with E-state index in [0.29, 0.717) is 29.6 Å². The Morgan fingerprint density at radius 2 is 2.03 bits per heavy atom. The van der Waals surface area contributed by atoms with Gasteiger partial charge in [0.15, 0.2) is 28.6 Å². The highest BCUT2D eigenvalue weighted by Crippen LogP contribution is 2.35. The first-order valence-electron chi connectivity index (χ1n) is 11.1. The van der Waals surface area contributed by atoms with E-state index in [1.54, 1.807) is 18.7 Å². The maximum absolute atomic E-state index is 11.4. The fraction of sp³-hybridized carbons (Fsp3) is 0.409. The Morgan fingerprint density at radius 3 is 2.76 bits per heavy atom. The number of hydrogen-bond acceptors (Lipinski definition) is 9. The lowest BCUT2D eigenvalue weighted by atomic mass is 9.85. The van der Waals surface area contributed by atoms with E-state index in [-0.39, 0.29) is 17.7 Å². The van der Waals surface area contributed by atoms with Crippen molar-refractivity contribution in [1.29, 1.82) is 0 Å². The average molecular weight is 448 g/mol. The van der Waals surface area contributed by atoms with Crippen LogP contribution in [-0.4, -0.2) is 46.4 Å². The van der Waals surface area contributed by atoms with E-state index < -0.39 is 5.91 Å². The van der Waals surface area contributed by atoms with E-state index in [0.717, 1.165) is 42.7 Å². The smallest absolute Gasteiger partial charge is 0.270 e. The van der Waals surface area contributed by atoms with E-state index in [1.165, 1.54) is 6.26 Å². The topological polar surface area (TPSA) is 151 Å². The number of nitrogens with one attached hydrogen (secondary N) is 1. The summed E-state index contributed by atoms with van der Waals surface area (Å²) < 4.78 is 7.57. The summed E-state index contributed by atoms with van der Waals surface area (Å²) in [5, 5.41) is 3.56. The Morgan fingerprint density at radius 1 is 1.21 bits per heavy atom. The summed E-state index contributed by atoms with van der Waals surface area (Å²) in [6.45, 7) is 4.61. The number of amides is 1. The molecule has 1 saturated carbocycles. The van der Waals surface area contributed by atoms with Crippen molar-refractivity contribution in [1.82, 2.24) is 34.5 Å². The van der Waals surface area contributed by atoms with Gasteiger partial charge >= 0.3 is 0 Å². The monoisotopic (exact) mass is 447 g/mol. The van der Waals surface area contributed by atoms with Gasteiger partial charge in [-0.05, 0) is 33.1 Å². The molecule has 170 valence electrons. The van der Waals surface area contributed by atoms with Crippen LogP contribution in [0.2, 0.25) is 0 Å². The summed E-state index contributed by atoms with van der Waals surface area (Å²) in [5.41, 5.74) is 7.78. The molecule has 2 unspecified atom stereocenters. The summed E-state index contributed by atoms with van der Waals surface area (Å²) >= 11 is 0. The number of carbonyl (C=O) groups excluding carboxylic acids is 1. The maximum Gasteiger partial charge on any atom is 0.270 e. The maximum atomic E-state index is 11.4. The van der Waals surface area contributed by atoms with Crippen molar-refractivity contribution in [3.8, 4) is 11.4 Å². The quantitative estimate of drug-likeness (QED) is 0.454. The number of anilines is 1. The number of hydrogen-bond donors (Lipinski definition) is 2. The van der Waals surface area contributed by atoms with Gasteiger partial charge in [0.1, 0.15) is 24.2 Å². The first-order chi connectivity index (χ1) is 16.0. The van der Waals surface area contributed by atoms with Crippen LogP contribution in [0.5, 0.6) is 0 Å². The van der Waals surface area contributed by atoms with Gasteiger partial charge in [0.05, 0.1) is 5.56 Å². The fourth-order valence-corrected chi connectivity index (χ4v) is 4.40. The van der Waals surface area contributed by atoms with E-state index in [1.807, 2.05) is 11.5 Å². The lowest BCUT2D eigenvalue weighted by Gasteiger charge is -2.28. The summed E-state index contributed by atoms with van der Waals surface area (Å²) in [7, 11) is 0. The molecule has 11 nitrogen and oxygen atoms in total. The van der Waals surface area contributed by atoms with Gasteiger partial charge in [-0.15, -0.1) is 0 Å². The molecule has 0 aromatic carbocycles. The molecule has 33 heavy (non-hydrogen) atoms. The van der Waals surface area contributed by atoms with Gasteiger partial charge in [0, 0.05) is 30.9 Å². The van der Waals surface area contributed by atoms with Crippen molar-refractivity contribution in [2.75, 3.05) is 5.32 Å². The van der Waals surface area contributed by atoms with E-state index >= 15 is 0 Å². The molecule has 1 aliphatic rings. The normalized spacial score (nSPS) is 18.5. The highest BCUT2D eigenvalue weighted by Gasteiger charge is 2.28. The first kappa shape index (κ1) is 21.0. The van der Waals surface area contributed by atoms with Gasteiger partial charge in [0.25, 0.3) is 5.91 Å². The highest BCUT2D eigenvalue weighted by atomic mass is 16.3. The number of nitrogens with zero attached hydrogens (tertiary/aromatic N) is 7. The number of fused-ring (bicyclic) bond motifs is 1. The van der Waals surface area contributed by atoms with Crippen LogP contribution in [-0.2, 0) is 6.54 Å². The lowest BCUT2D eigenvalue weighted by Crippen LogP contribution is -2.27. The fourth-order valence-electron chi connectivity index (χ4n) is 4.40. The SMILES string of the molecule is CCn1c(-c2cnc(C)nc2)nc2c(NC3CCCC(c4nc(C(N)=O)co4)C3)ncnc21. The number of oxazole rings is 1. The number of carbonyl (C=O) groups is 1. The van der Waals surface area contributed by atoms with Gasteiger partial charge in [-0.2, -0.15) is 0 Å². The zero-order chi connectivity index (χ0) is 22.9. The zero-order valence-electron chi connectivity index (χ0n) is 18.5. The average Bonchev–Trinajstić information content (AvgIpc) is 3.46. The molecule has 11 heteroatoms. The molecule has 0 saturated heterocycles. The summed E-state index contributed by atoms with van der Waals surface area (Å²) in [5.74, 6) is 2.24. The predicted octanol–water partition coefficient (Wildman–Crippen LogP) is 2.84. The zero-order valence-corrected chi connectivity index (χ0v) is 18.5. The number of aryl methyl sites for hydroxylation is 2. The van der Waals surface area contributed by atoms with Crippen LogP contribution in [0.15, 0.2) is 29.4 Å². The van der Waals surface area contributed by atoms with Gasteiger partial charge in [-0.1, -0.05) is 6.42 Å². The van der Waals surface area contributed by atoms with Crippen molar-refractivity contribution >= 4 is 22.9 Å². The second-order valence-electron chi connectivity index (χ2n) is 8.23. The summed E-state index contributed by atoms with van der Waals surface area (Å²) in [4.78, 5) is 38.1. The van der Waals surface area contributed by atoms with Crippen LogP contribution >= 0.6 is 0 Å². The number of rotatable bonds is 6. The van der Waals surface area contributed by atoms with Crippen LogP contribution in [0.3, 0.4) is 0 Å². The molecule has 2 atom stereocenters. The minimum absolute atomic E-state index is 0.107. The molecular weight excluding hydrogens is 422 g/mol. The highest BCUT2D eigenvalue weighted by molar-refractivity contribution is 5.90. The van der Waals surface area contributed by atoms with Crippen LogP contribution in [0, 0.1) is 6.92 Å². The minimum Gasteiger partial charge on any atom is -0.448 e. The predicted molar refractivity (Wildman–Crippen MR) is 120 cm³/mol. The molecule has 0 radical (unpaired) electrons. The molecule has 4 aromatic rings. The molecule has 1 amide bonds. The largest absolute Gasteiger partial charge is 0.448 e. The Labute approximate surface area is 189 Å².